The Balaban J connectivity index is 1.67. The van der Waals surface area contributed by atoms with Crippen molar-refractivity contribution in [2.24, 2.45) is 0 Å². The monoisotopic (exact) mass is 330 g/mol. The maximum Gasteiger partial charge on any atom is 0.219 e. The number of fused-ring (bicyclic) bond motifs is 1. The van der Waals surface area contributed by atoms with Crippen LogP contribution in [0.5, 0.6) is 5.75 Å². The standard InChI is InChI=1S/C19H26N2O3/c1-14(23)20(2)7-5-18-12-17(13-21(18)8-9-22)15-3-4-19-16(11-15)6-10-24-19/h3-4,9,11,17-18H,5-8,10,12-13H2,1-2H3. The van der Waals surface area contributed by atoms with E-state index in [-0.39, 0.29) is 5.91 Å². The zero-order chi connectivity index (χ0) is 17.1. The number of amides is 1. The minimum Gasteiger partial charge on any atom is -0.493 e. The number of likely N-dealkylation sites (tertiary alicyclic amines) is 1. The third kappa shape index (κ3) is 3.61. The molecule has 1 aromatic carbocycles. The van der Waals surface area contributed by atoms with Gasteiger partial charge in [0, 0.05) is 39.5 Å². The molecular formula is C19H26N2O3. The molecule has 1 aromatic rings. The number of carbonyl (C=O) groups excluding carboxylic acids is 2. The Kier molecular flexibility index (Phi) is 5.19. The second-order valence-electron chi connectivity index (χ2n) is 6.90. The normalized spacial score (nSPS) is 22.9. The van der Waals surface area contributed by atoms with Crippen molar-refractivity contribution in [2.45, 2.75) is 38.1 Å². The molecular weight excluding hydrogens is 304 g/mol. The molecule has 2 aliphatic heterocycles. The first-order valence-electron chi connectivity index (χ1n) is 8.73. The maximum atomic E-state index is 11.4. The van der Waals surface area contributed by atoms with Crippen molar-refractivity contribution in [1.29, 1.82) is 0 Å². The van der Waals surface area contributed by atoms with E-state index in [0.717, 1.165) is 51.0 Å². The predicted octanol–water partition coefficient (Wildman–Crippen LogP) is 1.85. The number of aldehydes is 1. The molecule has 24 heavy (non-hydrogen) atoms. The summed E-state index contributed by atoms with van der Waals surface area (Å²) in [5.41, 5.74) is 2.65. The van der Waals surface area contributed by atoms with Gasteiger partial charge in [-0.2, -0.15) is 0 Å². The van der Waals surface area contributed by atoms with Gasteiger partial charge in [-0.3, -0.25) is 9.69 Å². The van der Waals surface area contributed by atoms with Crippen molar-refractivity contribution in [3.63, 3.8) is 0 Å². The van der Waals surface area contributed by atoms with E-state index in [1.54, 1.807) is 11.8 Å². The minimum absolute atomic E-state index is 0.0881. The Hall–Kier alpha value is -1.88. The van der Waals surface area contributed by atoms with Crippen molar-refractivity contribution in [1.82, 2.24) is 9.80 Å². The van der Waals surface area contributed by atoms with Gasteiger partial charge in [-0.15, -0.1) is 0 Å². The van der Waals surface area contributed by atoms with Crippen LogP contribution >= 0.6 is 0 Å². The van der Waals surface area contributed by atoms with Crippen molar-refractivity contribution < 1.29 is 14.3 Å². The number of ether oxygens (including phenoxy) is 1. The molecule has 2 aliphatic rings. The summed E-state index contributed by atoms with van der Waals surface area (Å²) in [5, 5.41) is 0. The fraction of sp³-hybridized carbons (Fsp3) is 0.579. The van der Waals surface area contributed by atoms with E-state index in [1.807, 2.05) is 7.05 Å². The Bertz CT molecular complexity index is 617. The summed E-state index contributed by atoms with van der Waals surface area (Å²) in [5.74, 6) is 1.55. The molecule has 0 N–H and O–H groups in total. The molecule has 5 heteroatoms. The lowest BCUT2D eigenvalue weighted by Crippen LogP contribution is -2.35. The van der Waals surface area contributed by atoms with E-state index < -0.39 is 0 Å². The number of benzene rings is 1. The van der Waals surface area contributed by atoms with E-state index >= 15 is 0 Å². The van der Waals surface area contributed by atoms with Crippen LogP contribution in [0.4, 0.5) is 0 Å². The van der Waals surface area contributed by atoms with Crippen LogP contribution in [0.15, 0.2) is 18.2 Å². The quantitative estimate of drug-likeness (QED) is 0.747. The maximum absolute atomic E-state index is 11.4. The number of hydrogen-bond donors (Lipinski definition) is 0. The second kappa shape index (κ2) is 7.34. The van der Waals surface area contributed by atoms with Gasteiger partial charge in [-0.05, 0) is 36.0 Å². The average Bonchev–Trinajstić information content (AvgIpc) is 3.18. The van der Waals surface area contributed by atoms with Crippen LogP contribution in [0.2, 0.25) is 0 Å². The zero-order valence-corrected chi connectivity index (χ0v) is 14.5. The highest BCUT2D eigenvalue weighted by molar-refractivity contribution is 5.72. The summed E-state index contributed by atoms with van der Waals surface area (Å²) in [6, 6.07) is 6.87. The van der Waals surface area contributed by atoms with Crippen LogP contribution in [-0.2, 0) is 16.0 Å². The molecule has 5 nitrogen and oxygen atoms in total. The summed E-state index contributed by atoms with van der Waals surface area (Å²) in [6.45, 7) is 4.49. The van der Waals surface area contributed by atoms with Crippen LogP contribution in [0.3, 0.4) is 0 Å². The first-order valence-corrected chi connectivity index (χ1v) is 8.73. The van der Waals surface area contributed by atoms with Crippen LogP contribution in [0.1, 0.15) is 36.8 Å². The predicted molar refractivity (Wildman–Crippen MR) is 92.4 cm³/mol. The average molecular weight is 330 g/mol. The highest BCUT2D eigenvalue weighted by Gasteiger charge is 2.33. The largest absolute Gasteiger partial charge is 0.493 e. The molecule has 0 spiro atoms. The summed E-state index contributed by atoms with van der Waals surface area (Å²) < 4.78 is 5.59. The molecule has 1 saturated heterocycles. The fourth-order valence-electron chi connectivity index (χ4n) is 3.81. The van der Waals surface area contributed by atoms with Gasteiger partial charge in [0.25, 0.3) is 0 Å². The van der Waals surface area contributed by atoms with Gasteiger partial charge in [0.05, 0.1) is 13.2 Å². The summed E-state index contributed by atoms with van der Waals surface area (Å²) in [7, 11) is 1.83. The molecule has 0 saturated carbocycles. The third-order valence-electron chi connectivity index (χ3n) is 5.36. The van der Waals surface area contributed by atoms with Crippen LogP contribution < -0.4 is 4.74 Å². The molecule has 0 aliphatic carbocycles. The molecule has 130 valence electrons. The Morgan fingerprint density at radius 1 is 1.46 bits per heavy atom. The number of carbonyl (C=O) groups is 2. The molecule has 0 bridgehead atoms. The molecule has 2 heterocycles. The van der Waals surface area contributed by atoms with Crippen LogP contribution in [0.25, 0.3) is 0 Å². The third-order valence-corrected chi connectivity index (χ3v) is 5.36. The van der Waals surface area contributed by atoms with Gasteiger partial charge < -0.3 is 14.4 Å². The lowest BCUT2D eigenvalue weighted by atomic mass is 9.93. The van der Waals surface area contributed by atoms with Gasteiger partial charge in [-0.1, -0.05) is 12.1 Å². The van der Waals surface area contributed by atoms with Gasteiger partial charge >= 0.3 is 0 Å². The minimum atomic E-state index is 0.0881. The first kappa shape index (κ1) is 17.0. The van der Waals surface area contributed by atoms with Crippen molar-refractivity contribution >= 4 is 12.2 Å². The van der Waals surface area contributed by atoms with Gasteiger partial charge in [-0.25, -0.2) is 0 Å². The molecule has 1 fully saturated rings. The van der Waals surface area contributed by atoms with Gasteiger partial charge in [0.1, 0.15) is 12.0 Å². The molecule has 2 unspecified atom stereocenters. The molecule has 3 rings (SSSR count). The Morgan fingerprint density at radius 3 is 3.04 bits per heavy atom. The first-order chi connectivity index (χ1) is 11.6. The lowest BCUT2D eigenvalue weighted by Gasteiger charge is -2.24. The highest BCUT2D eigenvalue weighted by atomic mass is 16.5. The van der Waals surface area contributed by atoms with E-state index in [4.69, 9.17) is 4.74 Å². The van der Waals surface area contributed by atoms with Crippen molar-refractivity contribution in [3.8, 4) is 5.75 Å². The number of rotatable bonds is 6. The zero-order valence-electron chi connectivity index (χ0n) is 14.5. The van der Waals surface area contributed by atoms with Crippen LogP contribution in [0, 0.1) is 0 Å². The topological polar surface area (TPSA) is 49.9 Å². The fourth-order valence-corrected chi connectivity index (χ4v) is 3.81. The van der Waals surface area contributed by atoms with E-state index in [2.05, 4.69) is 23.1 Å². The Labute approximate surface area is 143 Å². The van der Waals surface area contributed by atoms with Crippen molar-refractivity contribution in [3.05, 3.63) is 29.3 Å². The smallest absolute Gasteiger partial charge is 0.219 e. The second-order valence-corrected chi connectivity index (χ2v) is 6.90. The Morgan fingerprint density at radius 2 is 2.29 bits per heavy atom. The van der Waals surface area contributed by atoms with Crippen LogP contribution in [-0.4, -0.2) is 61.3 Å². The van der Waals surface area contributed by atoms with E-state index in [1.165, 1.54) is 11.1 Å². The summed E-state index contributed by atoms with van der Waals surface area (Å²) >= 11 is 0. The summed E-state index contributed by atoms with van der Waals surface area (Å²) in [4.78, 5) is 26.4. The number of nitrogens with zero attached hydrogens (tertiary/aromatic N) is 2. The number of hydrogen-bond acceptors (Lipinski definition) is 4. The lowest BCUT2D eigenvalue weighted by molar-refractivity contribution is -0.127. The van der Waals surface area contributed by atoms with E-state index in [9.17, 15) is 9.59 Å². The van der Waals surface area contributed by atoms with Gasteiger partial charge in [0.15, 0.2) is 0 Å². The highest BCUT2D eigenvalue weighted by Crippen LogP contribution is 2.36. The van der Waals surface area contributed by atoms with Crippen molar-refractivity contribution in [2.75, 3.05) is 33.3 Å². The van der Waals surface area contributed by atoms with E-state index in [0.29, 0.717) is 18.5 Å². The molecule has 2 atom stereocenters. The molecule has 0 aromatic heterocycles. The molecule has 1 amide bonds. The van der Waals surface area contributed by atoms with Gasteiger partial charge in [0.2, 0.25) is 5.91 Å². The summed E-state index contributed by atoms with van der Waals surface area (Å²) in [6.07, 6.45) is 3.93. The molecule has 0 radical (unpaired) electrons. The SMILES string of the molecule is CC(=O)N(C)CCC1CC(c2ccc3c(c2)CCO3)CN1CC=O.